The molecule has 0 aromatic carbocycles. The van der Waals surface area contributed by atoms with Crippen molar-refractivity contribution < 1.29 is 77.7 Å². The third-order valence-electron chi connectivity index (χ3n) is 9.75. The monoisotopic (exact) mass is 763 g/mol. The molecule has 0 unspecified atom stereocenters. The van der Waals surface area contributed by atoms with E-state index in [1.165, 1.54) is 0 Å². The van der Waals surface area contributed by atoms with Crippen LogP contribution in [0.4, 0.5) is 8.78 Å². The van der Waals surface area contributed by atoms with Crippen molar-refractivity contribution in [2.45, 2.75) is 135 Å². The van der Waals surface area contributed by atoms with Crippen molar-refractivity contribution in [2.24, 2.45) is 28.7 Å². The summed E-state index contributed by atoms with van der Waals surface area (Å²) in [6.45, 7) is -1.76. The van der Waals surface area contributed by atoms with Gasteiger partial charge in [0.2, 0.25) is 0 Å². The molecular formula is C29H55F2N7O14. The van der Waals surface area contributed by atoms with Crippen LogP contribution in [0.25, 0.3) is 0 Å². The molecule has 1 saturated carbocycles. The second-order valence-electron chi connectivity index (χ2n) is 13.5. The third kappa shape index (κ3) is 9.86. The van der Waals surface area contributed by atoms with Crippen LogP contribution in [0.15, 0.2) is 0 Å². The van der Waals surface area contributed by atoms with Crippen molar-refractivity contribution >= 4 is 5.91 Å². The number of hydrogen-bond donors (Lipinski definition) is 14. The van der Waals surface area contributed by atoms with Gasteiger partial charge in [0.25, 0.3) is 11.8 Å². The summed E-state index contributed by atoms with van der Waals surface area (Å²) >= 11 is 0. The molecule has 23 heteroatoms. The molecule has 1 amide bonds. The summed E-state index contributed by atoms with van der Waals surface area (Å²) in [5, 5.41) is 77.8. The number of ether oxygens (including phenoxy) is 6. The number of aliphatic hydroxyl groups is 7. The number of hydrogen-bond acceptors (Lipinski definition) is 20. The Morgan fingerprint density at radius 1 is 0.827 bits per heavy atom. The van der Waals surface area contributed by atoms with Gasteiger partial charge in [-0.15, -0.1) is 0 Å². The second kappa shape index (κ2) is 18.9. The number of alkyl halides is 2. The van der Waals surface area contributed by atoms with Crippen LogP contribution in [0.2, 0.25) is 0 Å². The summed E-state index contributed by atoms with van der Waals surface area (Å²) in [6, 6.07) is -4.54. The zero-order valence-electron chi connectivity index (χ0n) is 28.4. The Morgan fingerprint density at radius 2 is 1.48 bits per heavy atom. The normalized spacial score (nSPS) is 43.7. The van der Waals surface area contributed by atoms with Crippen LogP contribution in [0.5, 0.6) is 0 Å². The van der Waals surface area contributed by atoms with Crippen molar-refractivity contribution in [3.8, 4) is 0 Å². The Bertz CT molecular complexity index is 1130. The smallest absolute Gasteiger partial charge is 0.294 e. The van der Waals surface area contributed by atoms with Crippen LogP contribution in [0.1, 0.15) is 19.3 Å². The molecule has 3 heterocycles. The number of carbonyl (C=O) groups is 1. The molecule has 4 rings (SSSR count). The summed E-state index contributed by atoms with van der Waals surface area (Å²) in [5.41, 5.74) is 29.4. The molecule has 52 heavy (non-hydrogen) atoms. The number of amides is 1. The fourth-order valence-corrected chi connectivity index (χ4v) is 6.64. The number of rotatable bonds is 16. The van der Waals surface area contributed by atoms with E-state index in [0.717, 1.165) is 0 Å². The molecule has 1 aliphatic carbocycles. The Kier molecular flexibility index (Phi) is 15.8. The van der Waals surface area contributed by atoms with Gasteiger partial charge >= 0.3 is 0 Å². The average molecular weight is 764 g/mol. The van der Waals surface area contributed by atoms with Gasteiger partial charge in [0.15, 0.2) is 25.0 Å². The molecule has 304 valence electrons. The molecule has 19 N–H and O–H groups in total. The first kappa shape index (κ1) is 43.3. The minimum Gasteiger partial charge on any atom is -0.395 e. The van der Waals surface area contributed by atoms with E-state index in [4.69, 9.17) is 62.2 Å². The highest BCUT2D eigenvalue weighted by atomic mass is 19.3. The fourth-order valence-electron chi connectivity index (χ4n) is 6.64. The van der Waals surface area contributed by atoms with Gasteiger partial charge in [-0.25, -0.2) is 8.78 Å². The lowest BCUT2D eigenvalue weighted by Gasteiger charge is -2.47. The second-order valence-corrected chi connectivity index (χ2v) is 13.5. The zero-order valence-corrected chi connectivity index (χ0v) is 28.4. The van der Waals surface area contributed by atoms with E-state index in [0.29, 0.717) is 25.9 Å². The Balaban J connectivity index is 1.56. The minimum absolute atomic E-state index is 0.101. The molecule has 0 aromatic heterocycles. The molecule has 0 spiro atoms. The molecule has 18 atom stereocenters. The predicted octanol–water partition coefficient (Wildman–Crippen LogP) is -8.10. The number of nitrogens with one attached hydrogen (secondary N) is 2. The SMILES string of the molecule is NC[C@@H]1O[C@H](O[C@H]2[C@@H](O)[C@H](O[C@@H]3[C@@H](O)[C@H](NC(=O)[C@@H](O)C(F)(F)CN)C[C@H](N)[C@H]3O[C@H]3O[C@H](CNCCO)CC[C@H]3N)O[C@@H]2CO)[C@H](N)[C@@H](O)[C@@H]1O. The predicted molar refractivity (Wildman–Crippen MR) is 170 cm³/mol. The van der Waals surface area contributed by atoms with E-state index in [1.807, 2.05) is 0 Å². The largest absolute Gasteiger partial charge is 0.395 e. The maximum atomic E-state index is 14.0. The van der Waals surface area contributed by atoms with E-state index in [1.54, 1.807) is 0 Å². The summed E-state index contributed by atoms with van der Waals surface area (Å²) < 4.78 is 63.5. The van der Waals surface area contributed by atoms with Gasteiger partial charge in [-0.1, -0.05) is 0 Å². The van der Waals surface area contributed by atoms with Crippen LogP contribution in [0.3, 0.4) is 0 Å². The van der Waals surface area contributed by atoms with E-state index < -0.39 is 135 Å². The van der Waals surface area contributed by atoms with Crippen molar-refractivity contribution in [1.29, 1.82) is 0 Å². The van der Waals surface area contributed by atoms with Gasteiger partial charge in [0.1, 0.15) is 54.9 Å². The molecule has 0 bridgehead atoms. The Labute approximate surface area is 297 Å². The zero-order chi connectivity index (χ0) is 38.5. The lowest BCUT2D eigenvalue weighted by molar-refractivity contribution is -0.290. The van der Waals surface area contributed by atoms with Crippen LogP contribution < -0.4 is 39.3 Å². The van der Waals surface area contributed by atoms with Crippen LogP contribution in [0, 0.1) is 0 Å². The molecule has 21 nitrogen and oxygen atoms in total. The molecule has 3 saturated heterocycles. The number of aliphatic hydroxyl groups excluding tert-OH is 7. The maximum absolute atomic E-state index is 14.0. The highest BCUT2D eigenvalue weighted by molar-refractivity contribution is 5.82. The first-order valence-electron chi connectivity index (χ1n) is 17.2. The minimum atomic E-state index is -4.00. The van der Waals surface area contributed by atoms with E-state index in [-0.39, 0.29) is 19.6 Å². The molecule has 3 aliphatic heterocycles. The van der Waals surface area contributed by atoms with Gasteiger partial charge in [0.05, 0.1) is 44.0 Å². The molecular weight excluding hydrogens is 708 g/mol. The van der Waals surface area contributed by atoms with E-state index in [9.17, 15) is 44.2 Å². The average Bonchev–Trinajstić information content (AvgIpc) is 3.42. The summed E-state index contributed by atoms with van der Waals surface area (Å²) in [7, 11) is 0. The van der Waals surface area contributed by atoms with Crippen molar-refractivity contribution in [3.63, 3.8) is 0 Å². The fraction of sp³-hybridized carbons (Fsp3) is 0.966. The molecule has 4 fully saturated rings. The van der Waals surface area contributed by atoms with Gasteiger partial charge in [-0.2, -0.15) is 0 Å². The van der Waals surface area contributed by atoms with Crippen LogP contribution in [-0.4, -0.2) is 197 Å². The number of halogens is 2. The lowest BCUT2D eigenvalue weighted by atomic mass is 9.83. The van der Waals surface area contributed by atoms with Crippen molar-refractivity contribution in [1.82, 2.24) is 10.6 Å². The molecule has 0 aromatic rings. The van der Waals surface area contributed by atoms with Gasteiger partial charge < -0.3 is 103 Å². The van der Waals surface area contributed by atoms with Crippen LogP contribution >= 0.6 is 0 Å². The van der Waals surface area contributed by atoms with Gasteiger partial charge in [-0.05, 0) is 19.3 Å². The standard InChI is InChI=1S/C29H55F2N7O14/c30-29(31,9-33)24(45)25(46)38-13-5-12(35)21(50-26-11(34)2-1-10(47-26)7-37-3-4-39)23(17(13)41)52-28-20(44)22(15(8-40)49-28)51-27-16(36)19(43)18(42)14(6-32)48-27/h10-24,26-28,37,39-45H,1-9,32-36H2,(H,38,46)/t10-,11+,12-,13+,14-,15+,16+,17-,18+,19+,20+,21+,22+,23+,24+,26+,27+,28-/m0/s1. The van der Waals surface area contributed by atoms with E-state index >= 15 is 0 Å². The topological polar surface area (TPSA) is 368 Å². The van der Waals surface area contributed by atoms with Crippen molar-refractivity contribution in [3.05, 3.63) is 0 Å². The first-order valence-corrected chi connectivity index (χ1v) is 17.2. The van der Waals surface area contributed by atoms with Crippen molar-refractivity contribution in [2.75, 3.05) is 39.4 Å². The van der Waals surface area contributed by atoms with Crippen LogP contribution in [-0.2, 0) is 33.2 Å². The Morgan fingerprint density at radius 3 is 2.12 bits per heavy atom. The highest BCUT2D eigenvalue weighted by Gasteiger charge is 2.54. The van der Waals surface area contributed by atoms with E-state index in [2.05, 4.69) is 10.6 Å². The van der Waals surface area contributed by atoms with Gasteiger partial charge in [-0.3, -0.25) is 4.79 Å². The Hall–Kier alpha value is -1.43. The molecule has 4 aliphatic rings. The van der Waals surface area contributed by atoms with Gasteiger partial charge in [0, 0.05) is 25.7 Å². The lowest BCUT2D eigenvalue weighted by Crippen LogP contribution is -2.67. The highest BCUT2D eigenvalue weighted by Crippen LogP contribution is 2.35. The summed E-state index contributed by atoms with van der Waals surface area (Å²) in [5.74, 6) is -5.55. The maximum Gasteiger partial charge on any atom is 0.294 e. The molecule has 0 radical (unpaired) electrons. The summed E-state index contributed by atoms with van der Waals surface area (Å²) in [4.78, 5) is 12.6. The third-order valence-corrected chi connectivity index (χ3v) is 9.75. The number of nitrogens with two attached hydrogens (primary N) is 5. The quantitative estimate of drug-likeness (QED) is 0.0649. The first-order chi connectivity index (χ1) is 24.6. The summed E-state index contributed by atoms with van der Waals surface area (Å²) in [6.07, 6.45) is -20.1. The number of carbonyl (C=O) groups excluding carboxylic acids is 1.